The molecular formula is C20H26N2O5. The van der Waals surface area contributed by atoms with E-state index in [1.54, 1.807) is 32.9 Å². The van der Waals surface area contributed by atoms with Gasteiger partial charge in [0.2, 0.25) is 0 Å². The van der Waals surface area contributed by atoms with E-state index in [4.69, 9.17) is 9.47 Å². The zero-order valence-electron chi connectivity index (χ0n) is 16.0. The molecule has 0 unspecified atom stereocenters. The molecule has 1 heterocycles. The molecule has 7 heteroatoms. The molecule has 7 nitrogen and oxygen atoms in total. The molecule has 0 spiro atoms. The first-order chi connectivity index (χ1) is 12.7. The van der Waals surface area contributed by atoms with Crippen LogP contribution in [-0.2, 0) is 16.0 Å². The van der Waals surface area contributed by atoms with Gasteiger partial charge in [-0.05, 0) is 45.4 Å². The Bertz CT molecular complexity index is 863. The number of ether oxygens (including phenoxy) is 2. The molecule has 0 amide bonds. The minimum atomic E-state index is -1.37. The van der Waals surface area contributed by atoms with Gasteiger partial charge in [-0.25, -0.2) is 0 Å². The molecule has 1 aliphatic rings. The SMILES string of the molecule is CCOc1ccc([C@H]2c3c([nH][nH]c3=O)C[C@@](C)(O)[C@@H]2C(=O)OC(C)C)cc1. The van der Waals surface area contributed by atoms with Gasteiger partial charge in [0.15, 0.2) is 0 Å². The van der Waals surface area contributed by atoms with Gasteiger partial charge in [0, 0.05) is 23.6 Å². The van der Waals surface area contributed by atoms with Gasteiger partial charge in [-0.1, -0.05) is 12.1 Å². The summed E-state index contributed by atoms with van der Waals surface area (Å²) in [5.74, 6) is -1.34. The van der Waals surface area contributed by atoms with E-state index in [0.29, 0.717) is 23.6 Å². The standard InChI is InChI=1S/C20H26N2O5/c1-5-26-13-8-6-12(7-9-13)15-16-14(21-22-18(16)23)10-20(4,25)17(15)19(24)27-11(2)3/h6-9,11,15,17,25H,5,10H2,1-4H3,(H2,21,22,23)/t15-,17-,20+/m0/s1. The lowest BCUT2D eigenvalue weighted by molar-refractivity contribution is -0.163. The van der Waals surface area contributed by atoms with E-state index in [2.05, 4.69) is 10.2 Å². The van der Waals surface area contributed by atoms with Crippen LogP contribution in [0.15, 0.2) is 29.1 Å². The molecule has 3 rings (SSSR count). The Labute approximate surface area is 157 Å². The van der Waals surface area contributed by atoms with Gasteiger partial charge in [0.1, 0.15) is 5.75 Å². The first-order valence-corrected chi connectivity index (χ1v) is 9.19. The molecule has 0 aliphatic heterocycles. The maximum atomic E-state index is 12.9. The van der Waals surface area contributed by atoms with Crippen molar-refractivity contribution < 1.29 is 19.4 Å². The molecule has 2 aromatic rings. The lowest BCUT2D eigenvalue weighted by Crippen LogP contribution is -2.50. The van der Waals surface area contributed by atoms with Gasteiger partial charge in [0.05, 0.1) is 24.2 Å². The maximum Gasteiger partial charge on any atom is 0.313 e. The summed E-state index contributed by atoms with van der Waals surface area (Å²) in [6.45, 7) is 7.57. The summed E-state index contributed by atoms with van der Waals surface area (Å²) in [6.07, 6.45) is -0.160. The Morgan fingerprint density at radius 3 is 2.56 bits per heavy atom. The Kier molecular flexibility index (Phi) is 5.15. The molecule has 0 bridgehead atoms. The van der Waals surface area contributed by atoms with Crippen molar-refractivity contribution >= 4 is 5.97 Å². The number of benzene rings is 1. The van der Waals surface area contributed by atoms with Crippen molar-refractivity contribution in [3.63, 3.8) is 0 Å². The molecule has 1 aromatic heterocycles. The zero-order valence-corrected chi connectivity index (χ0v) is 16.0. The molecule has 3 N–H and O–H groups in total. The van der Waals surface area contributed by atoms with Gasteiger partial charge < -0.3 is 19.7 Å². The number of nitrogens with one attached hydrogen (secondary N) is 2. The number of fused-ring (bicyclic) bond motifs is 1. The van der Waals surface area contributed by atoms with E-state index >= 15 is 0 Å². The number of aromatic amines is 2. The summed E-state index contributed by atoms with van der Waals surface area (Å²) in [7, 11) is 0. The van der Waals surface area contributed by atoms with Gasteiger partial charge in [-0.2, -0.15) is 0 Å². The van der Waals surface area contributed by atoms with E-state index in [9.17, 15) is 14.7 Å². The van der Waals surface area contributed by atoms with E-state index < -0.39 is 23.4 Å². The summed E-state index contributed by atoms with van der Waals surface area (Å²) in [5.41, 5.74) is 0.166. The summed E-state index contributed by atoms with van der Waals surface area (Å²) >= 11 is 0. The van der Waals surface area contributed by atoms with Crippen LogP contribution in [0.5, 0.6) is 5.75 Å². The number of carbonyl (C=O) groups excluding carboxylic acids is 1. The Hall–Kier alpha value is -2.54. The second-order valence-corrected chi connectivity index (χ2v) is 7.45. The van der Waals surface area contributed by atoms with Crippen molar-refractivity contribution in [2.45, 2.75) is 51.7 Å². The molecule has 27 heavy (non-hydrogen) atoms. The van der Waals surface area contributed by atoms with Gasteiger partial charge >= 0.3 is 5.97 Å². The Morgan fingerprint density at radius 2 is 1.96 bits per heavy atom. The molecule has 1 aliphatic carbocycles. The Morgan fingerprint density at radius 1 is 1.30 bits per heavy atom. The number of hydrogen-bond acceptors (Lipinski definition) is 5. The van der Waals surface area contributed by atoms with Crippen molar-refractivity contribution in [2.75, 3.05) is 6.61 Å². The number of aliphatic hydroxyl groups is 1. The predicted octanol–water partition coefficient (Wildman–Crippen LogP) is 2.11. The summed E-state index contributed by atoms with van der Waals surface area (Å²) in [6, 6.07) is 7.24. The number of H-pyrrole nitrogens is 2. The van der Waals surface area contributed by atoms with E-state index in [0.717, 1.165) is 5.56 Å². The summed E-state index contributed by atoms with van der Waals surface area (Å²) < 4.78 is 10.9. The second-order valence-electron chi connectivity index (χ2n) is 7.45. The highest BCUT2D eigenvalue weighted by atomic mass is 16.5. The fourth-order valence-electron chi connectivity index (χ4n) is 3.86. The molecule has 0 saturated heterocycles. The molecular weight excluding hydrogens is 348 g/mol. The van der Waals surface area contributed by atoms with Crippen LogP contribution in [0, 0.1) is 5.92 Å². The van der Waals surface area contributed by atoms with Crippen LogP contribution in [0.3, 0.4) is 0 Å². The number of carbonyl (C=O) groups is 1. The highest BCUT2D eigenvalue weighted by Gasteiger charge is 2.51. The molecule has 1 aromatic carbocycles. The molecule has 0 fully saturated rings. The van der Waals surface area contributed by atoms with Crippen LogP contribution in [0.2, 0.25) is 0 Å². The van der Waals surface area contributed by atoms with E-state index in [1.165, 1.54) is 0 Å². The minimum Gasteiger partial charge on any atom is -0.494 e. The van der Waals surface area contributed by atoms with Crippen LogP contribution >= 0.6 is 0 Å². The normalized spacial score (nSPS) is 24.5. The molecule has 146 valence electrons. The maximum absolute atomic E-state index is 12.9. The first kappa shape index (κ1) is 19.2. The van der Waals surface area contributed by atoms with Crippen LogP contribution in [0.1, 0.15) is 50.4 Å². The fourth-order valence-corrected chi connectivity index (χ4v) is 3.86. The van der Waals surface area contributed by atoms with Crippen LogP contribution < -0.4 is 10.3 Å². The quantitative estimate of drug-likeness (QED) is 0.696. The number of rotatable bonds is 5. The van der Waals surface area contributed by atoms with Crippen LogP contribution in [0.25, 0.3) is 0 Å². The van der Waals surface area contributed by atoms with Crippen molar-refractivity contribution in [3.8, 4) is 5.75 Å². The lowest BCUT2D eigenvalue weighted by Gasteiger charge is -2.40. The predicted molar refractivity (Wildman–Crippen MR) is 99.9 cm³/mol. The molecule has 0 saturated carbocycles. The smallest absolute Gasteiger partial charge is 0.313 e. The molecule has 3 atom stereocenters. The van der Waals surface area contributed by atoms with Crippen molar-refractivity contribution in [1.82, 2.24) is 10.2 Å². The number of hydrogen-bond donors (Lipinski definition) is 3. The van der Waals surface area contributed by atoms with Gasteiger partial charge in [-0.3, -0.25) is 14.7 Å². The van der Waals surface area contributed by atoms with Crippen LogP contribution in [0.4, 0.5) is 0 Å². The average Bonchev–Trinajstić information content (AvgIpc) is 2.93. The van der Waals surface area contributed by atoms with E-state index in [1.807, 2.05) is 19.1 Å². The Balaban J connectivity index is 2.12. The third-order valence-corrected chi connectivity index (χ3v) is 4.90. The van der Waals surface area contributed by atoms with Crippen molar-refractivity contribution in [3.05, 3.63) is 51.4 Å². The van der Waals surface area contributed by atoms with Gasteiger partial charge in [0.25, 0.3) is 5.56 Å². The third kappa shape index (κ3) is 3.64. The lowest BCUT2D eigenvalue weighted by atomic mass is 9.66. The number of aromatic nitrogens is 2. The molecule has 0 radical (unpaired) electrons. The average molecular weight is 374 g/mol. The van der Waals surface area contributed by atoms with E-state index in [-0.39, 0.29) is 18.1 Å². The van der Waals surface area contributed by atoms with Crippen molar-refractivity contribution in [1.29, 1.82) is 0 Å². The monoisotopic (exact) mass is 374 g/mol. The summed E-state index contributed by atoms with van der Waals surface area (Å²) in [4.78, 5) is 25.4. The largest absolute Gasteiger partial charge is 0.494 e. The number of esters is 1. The van der Waals surface area contributed by atoms with Gasteiger partial charge in [-0.15, -0.1) is 0 Å². The minimum absolute atomic E-state index is 0.159. The summed E-state index contributed by atoms with van der Waals surface area (Å²) in [5, 5.41) is 16.5. The topological polar surface area (TPSA) is 104 Å². The zero-order chi connectivity index (χ0) is 19.8. The van der Waals surface area contributed by atoms with Crippen LogP contribution in [-0.4, -0.2) is 39.6 Å². The third-order valence-electron chi connectivity index (χ3n) is 4.90. The van der Waals surface area contributed by atoms with Crippen molar-refractivity contribution in [2.24, 2.45) is 5.92 Å². The first-order valence-electron chi connectivity index (χ1n) is 9.19. The second kappa shape index (κ2) is 7.23. The fraction of sp³-hybridized carbons (Fsp3) is 0.500. The highest BCUT2D eigenvalue weighted by Crippen LogP contribution is 2.44. The highest BCUT2D eigenvalue weighted by molar-refractivity contribution is 5.77.